The summed E-state index contributed by atoms with van der Waals surface area (Å²) in [6, 6.07) is 10.1. The molecule has 25 heavy (non-hydrogen) atoms. The van der Waals surface area contributed by atoms with Gasteiger partial charge in [0.05, 0.1) is 6.61 Å². The fourth-order valence-electron chi connectivity index (χ4n) is 4.42. The van der Waals surface area contributed by atoms with Gasteiger partial charge >= 0.3 is 0 Å². The Morgan fingerprint density at radius 2 is 1.96 bits per heavy atom. The van der Waals surface area contributed by atoms with E-state index >= 15 is 0 Å². The van der Waals surface area contributed by atoms with Crippen LogP contribution in [-0.4, -0.2) is 59.6 Å². The van der Waals surface area contributed by atoms with Gasteiger partial charge in [0.1, 0.15) is 0 Å². The van der Waals surface area contributed by atoms with E-state index in [0.29, 0.717) is 6.04 Å². The van der Waals surface area contributed by atoms with Crippen LogP contribution in [0.1, 0.15) is 42.5 Å². The van der Waals surface area contributed by atoms with Gasteiger partial charge in [-0.1, -0.05) is 24.3 Å². The van der Waals surface area contributed by atoms with Gasteiger partial charge in [0.25, 0.3) is 5.91 Å². The van der Waals surface area contributed by atoms with Gasteiger partial charge in [0.2, 0.25) is 0 Å². The van der Waals surface area contributed by atoms with Crippen LogP contribution in [-0.2, 0) is 0 Å². The number of piperidine rings is 2. The molecule has 136 valence electrons. The zero-order valence-electron chi connectivity index (χ0n) is 15.1. The van der Waals surface area contributed by atoms with E-state index in [1.165, 1.54) is 0 Å². The van der Waals surface area contributed by atoms with Crippen molar-refractivity contribution in [3.63, 3.8) is 0 Å². The maximum absolute atomic E-state index is 12.6. The molecule has 1 N–H and O–H groups in total. The summed E-state index contributed by atoms with van der Waals surface area (Å²) >= 11 is 0. The monoisotopic (exact) mass is 342 g/mol. The first-order valence-corrected chi connectivity index (χ1v) is 9.47. The summed E-state index contributed by atoms with van der Waals surface area (Å²) < 4.78 is 0. The molecule has 2 heterocycles. The van der Waals surface area contributed by atoms with Crippen LogP contribution in [0.25, 0.3) is 0 Å². The second-order valence-corrected chi connectivity index (χ2v) is 7.61. The van der Waals surface area contributed by atoms with Gasteiger partial charge in [-0.2, -0.15) is 0 Å². The molecule has 2 aliphatic rings. The maximum Gasteiger partial charge on any atom is 0.253 e. The third-order valence-electron chi connectivity index (χ3n) is 5.89. The summed E-state index contributed by atoms with van der Waals surface area (Å²) in [6.45, 7) is 7.81. The third-order valence-corrected chi connectivity index (χ3v) is 5.89. The fraction of sp³-hybridized carbons (Fsp3) is 0.571. The highest BCUT2D eigenvalue weighted by Crippen LogP contribution is 2.35. The van der Waals surface area contributed by atoms with Gasteiger partial charge in [-0.25, -0.2) is 0 Å². The molecule has 1 aromatic rings. The van der Waals surface area contributed by atoms with E-state index in [0.717, 1.165) is 63.8 Å². The highest BCUT2D eigenvalue weighted by molar-refractivity contribution is 5.94. The number of carbonyl (C=O) groups excluding carboxylic acids is 1. The van der Waals surface area contributed by atoms with Crippen molar-refractivity contribution in [2.75, 3.05) is 32.8 Å². The van der Waals surface area contributed by atoms with Crippen molar-refractivity contribution < 1.29 is 9.90 Å². The summed E-state index contributed by atoms with van der Waals surface area (Å²) in [7, 11) is 0. The molecule has 1 atom stereocenters. The van der Waals surface area contributed by atoms with Gasteiger partial charge in [-0.15, -0.1) is 6.58 Å². The molecule has 2 fully saturated rings. The normalized spacial score (nSPS) is 25.7. The van der Waals surface area contributed by atoms with Crippen LogP contribution >= 0.6 is 0 Å². The number of allylic oxidation sites excluding steroid dienone is 1. The molecule has 4 heteroatoms. The largest absolute Gasteiger partial charge is 0.396 e. The van der Waals surface area contributed by atoms with Crippen LogP contribution in [0.4, 0.5) is 0 Å². The van der Waals surface area contributed by atoms with Crippen molar-refractivity contribution in [3.05, 3.63) is 48.6 Å². The zero-order chi connectivity index (χ0) is 17.7. The second kappa shape index (κ2) is 8.15. The van der Waals surface area contributed by atoms with Crippen LogP contribution in [0.15, 0.2) is 43.0 Å². The smallest absolute Gasteiger partial charge is 0.253 e. The first-order valence-electron chi connectivity index (χ1n) is 9.47. The van der Waals surface area contributed by atoms with Crippen molar-refractivity contribution in [2.45, 2.75) is 38.1 Å². The van der Waals surface area contributed by atoms with Crippen LogP contribution in [0.3, 0.4) is 0 Å². The highest BCUT2D eigenvalue weighted by atomic mass is 16.3. The fourth-order valence-corrected chi connectivity index (χ4v) is 4.42. The summed E-state index contributed by atoms with van der Waals surface area (Å²) in [5.41, 5.74) is 0.765. The Bertz CT molecular complexity index is 581. The molecule has 1 unspecified atom stereocenters. The Kier molecular flexibility index (Phi) is 5.92. The lowest BCUT2D eigenvalue weighted by atomic mass is 9.77. The van der Waals surface area contributed by atoms with E-state index in [4.69, 9.17) is 0 Å². The Balaban J connectivity index is 1.57. The molecule has 0 aromatic heterocycles. The molecule has 1 aromatic carbocycles. The number of hydrogen-bond donors (Lipinski definition) is 1. The first kappa shape index (κ1) is 18.2. The molecule has 3 rings (SSSR count). The van der Waals surface area contributed by atoms with Crippen molar-refractivity contribution in [1.29, 1.82) is 0 Å². The van der Waals surface area contributed by atoms with Gasteiger partial charge in [-0.3, -0.25) is 9.69 Å². The standard InChI is InChI=1S/C21H30N2O2/c1-2-11-21(17-24)12-6-13-23(16-21)19-9-14-22(15-10-19)20(25)18-7-4-3-5-8-18/h2-5,7-8,19,24H,1,6,9-17H2. The minimum absolute atomic E-state index is 0.0169. The third kappa shape index (κ3) is 4.13. The Morgan fingerprint density at radius 1 is 1.24 bits per heavy atom. The molecular weight excluding hydrogens is 312 g/mol. The molecule has 0 radical (unpaired) electrons. The topological polar surface area (TPSA) is 43.8 Å². The zero-order valence-corrected chi connectivity index (χ0v) is 15.1. The van der Waals surface area contributed by atoms with E-state index in [-0.39, 0.29) is 17.9 Å². The van der Waals surface area contributed by atoms with E-state index in [2.05, 4.69) is 11.5 Å². The molecule has 4 nitrogen and oxygen atoms in total. The van der Waals surface area contributed by atoms with E-state index in [1.807, 2.05) is 41.3 Å². The quantitative estimate of drug-likeness (QED) is 0.837. The van der Waals surface area contributed by atoms with Gasteiger partial charge in [0.15, 0.2) is 0 Å². The predicted octanol–water partition coefficient (Wildman–Crippen LogP) is 2.94. The maximum atomic E-state index is 12.6. The number of amides is 1. The predicted molar refractivity (Wildman–Crippen MR) is 101 cm³/mol. The molecule has 0 bridgehead atoms. The van der Waals surface area contributed by atoms with E-state index in [1.54, 1.807) is 0 Å². The number of aliphatic hydroxyl groups excluding tert-OH is 1. The SMILES string of the molecule is C=CCC1(CO)CCCN(C2CCN(C(=O)c3ccccc3)CC2)C1. The Hall–Kier alpha value is -1.65. The van der Waals surface area contributed by atoms with Crippen molar-refractivity contribution in [2.24, 2.45) is 5.41 Å². The van der Waals surface area contributed by atoms with E-state index in [9.17, 15) is 9.90 Å². The van der Waals surface area contributed by atoms with Crippen LogP contribution in [0.2, 0.25) is 0 Å². The molecule has 0 aliphatic carbocycles. The van der Waals surface area contributed by atoms with Gasteiger partial charge < -0.3 is 10.0 Å². The van der Waals surface area contributed by atoms with Crippen molar-refractivity contribution in [1.82, 2.24) is 9.80 Å². The number of rotatable bonds is 5. The minimum Gasteiger partial charge on any atom is -0.396 e. The number of likely N-dealkylation sites (tertiary alicyclic amines) is 2. The summed E-state index contributed by atoms with van der Waals surface area (Å²) in [4.78, 5) is 17.1. The van der Waals surface area contributed by atoms with Crippen LogP contribution in [0.5, 0.6) is 0 Å². The number of aliphatic hydroxyl groups is 1. The van der Waals surface area contributed by atoms with Crippen LogP contribution in [0, 0.1) is 5.41 Å². The lowest BCUT2D eigenvalue weighted by molar-refractivity contribution is -0.000428. The number of nitrogens with zero attached hydrogens (tertiary/aromatic N) is 2. The average molecular weight is 342 g/mol. The molecule has 2 saturated heterocycles. The number of hydrogen-bond acceptors (Lipinski definition) is 3. The van der Waals surface area contributed by atoms with Gasteiger partial charge in [0, 0.05) is 36.7 Å². The molecular formula is C21H30N2O2. The number of carbonyl (C=O) groups is 1. The highest BCUT2D eigenvalue weighted by Gasteiger charge is 2.37. The minimum atomic E-state index is -0.0169. The van der Waals surface area contributed by atoms with Crippen LogP contribution < -0.4 is 0 Å². The van der Waals surface area contributed by atoms with Gasteiger partial charge in [-0.05, 0) is 50.8 Å². The number of benzene rings is 1. The lowest BCUT2D eigenvalue weighted by Crippen LogP contribution is -2.53. The molecule has 2 aliphatic heterocycles. The molecule has 0 spiro atoms. The molecule has 0 saturated carbocycles. The summed E-state index contributed by atoms with van der Waals surface area (Å²) in [6.07, 6.45) is 7.09. The summed E-state index contributed by atoms with van der Waals surface area (Å²) in [5, 5.41) is 9.90. The van der Waals surface area contributed by atoms with E-state index < -0.39 is 0 Å². The molecule has 1 amide bonds. The first-order chi connectivity index (χ1) is 12.2. The van der Waals surface area contributed by atoms with Crippen molar-refractivity contribution in [3.8, 4) is 0 Å². The second-order valence-electron chi connectivity index (χ2n) is 7.61. The van der Waals surface area contributed by atoms with Crippen molar-refractivity contribution >= 4 is 5.91 Å². The average Bonchev–Trinajstić information content (AvgIpc) is 2.68. The Labute approximate surface area is 151 Å². The Morgan fingerprint density at radius 3 is 2.60 bits per heavy atom. The lowest BCUT2D eigenvalue weighted by Gasteiger charge is -2.47. The summed E-state index contributed by atoms with van der Waals surface area (Å²) in [5.74, 6) is 0.147.